The molecule has 1 aromatic heterocycles. The summed E-state index contributed by atoms with van der Waals surface area (Å²) in [5.74, 6) is -0.0217. The fourth-order valence-corrected chi connectivity index (χ4v) is 20.7. The Labute approximate surface area is 191 Å². The van der Waals surface area contributed by atoms with Crippen LogP contribution < -0.4 is 9.03 Å². The maximum absolute atomic E-state index is 14.4. The predicted octanol–water partition coefficient (Wildman–Crippen LogP) is 7.59. The van der Waals surface area contributed by atoms with Gasteiger partial charge < -0.3 is 5.32 Å². The fourth-order valence-electron chi connectivity index (χ4n) is 5.06. The van der Waals surface area contributed by atoms with Crippen LogP contribution in [-0.4, -0.2) is 34.4 Å². The molecule has 0 spiro atoms. The number of hydrogen-bond donors (Lipinski definition) is 1. The van der Waals surface area contributed by atoms with Gasteiger partial charge in [-0.15, -0.1) is 0 Å². The molecule has 0 radical (unpaired) electrons. The quantitative estimate of drug-likeness (QED) is 0.317. The van der Waals surface area contributed by atoms with Crippen LogP contribution in [0, 0.1) is 5.82 Å². The van der Waals surface area contributed by atoms with Crippen molar-refractivity contribution in [1.82, 2.24) is 10.3 Å². The van der Waals surface area contributed by atoms with Gasteiger partial charge in [0.1, 0.15) is 0 Å². The molecule has 0 atom stereocenters. The first kappa shape index (κ1) is 27.9. The number of nitrogens with zero attached hydrogens (tertiary/aromatic N) is 1. The summed E-state index contributed by atoms with van der Waals surface area (Å²) in [6.45, 7) is 15.9. The number of hydrogen-bond acceptors (Lipinski definition) is 2. The van der Waals surface area contributed by atoms with Crippen molar-refractivity contribution in [1.29, 1.82) is 0 Å². The summed E-state index contributed by atoms with van der Waals surface area (Å²) < 4.78 is 19.1. The Morgan fingerprint density at radius 2 is 1.37 bits per heavy atom. The van der Waals surface area contributed by atoms with Crippen LogP contribution in [0.1, 0.15) is 106 Å². The van der Waals surface area contributed by atoms with Crippen LogP contribution in [0.3, 0.4) is 0 Å². The molecule has 1 aliphatic heterocycles. The topological polar surface area (TPSA) is 24.9 Å². The van der Waals surface area contributed by atoms with Crippen molar-refractivity contribution >= 4 is 22.1 Å². The minimum atomic E-state index is -2.64. The summed E-state index contributed by atoms with van der Waals surface area (Å²) in [4.78, 5) is 4.53. The van der Waals surface area contributed by atoms with Crippen molar-refractivity contribution in [3.8, 4) is 0 Å². The third-order valence-corrected chi connectivity index (χ3v) is 21.7. The van der Waals surface area contributed by atoms with Crippen molar-refractivity contribution in [3.05, 3.63) is 24.1 Å². The van der Waals surface area contributed by atoms with Crippen molar-refractivity contribution in [3.63, 3.8) is 0 Å². The number of nitrogens with one attached hydrogen (secondary N) is 1. The first-order valence-electron chi connectivity index (χ1n) is 12.5. The number of unbranched alkanes of at least 4 members (excludes halogenated alkanes) is 3. The van der Waals surface area contributed by atoms with Crippen molar-refractivity contribution < 1.29 is 4.39 Å². The summed E-state index contributed by atoms with van der Waals surface area (Å²) in [5, 5.41) is 3.63. The Bertz CT molecular complexity index is 565. The Balaban J connectivity index is 0.000000375. The molecule has 0 aromatic carbocycles. The van der Waals surface area contributed by atoms with E-state index in [0.29, 0.717) is 11.1 Å². The second-order valence-corrected chi connectivity index (χ2v) is 23.6. The first-order chi connectivity index (χ1) is 14.1. The van der Waals surface area contributed by atoms with Gasteiger partial charge in [0.25, 0.3) is 0 Å². The first-order valence-corrected chi connectivity index (χ1v) is 20.0. The van der Waals surface area contributed by atoms with Gasteiger partial charge in [0.05, 0.1) is 0 Å². The third kappa shape index (κ3) is 9.54. The van der Waals surface area contributed by atoms with E-state index >= 15 is 0 Å². The van der Waals surface area contributed by atoms with Crippen LogP contribution in [0.4, 0.5) is 4.39 Å². The van der Waals surface area contributed by atoms with Gasteiger partial charge in [0.2, 0.25) is 0 Å². The van der Waals surface area contributed by atoms with Gasteiger partial charge in [-0.1, -0.05) is 0 Å². The maximum atomic E-state index is 14.4. The van der Waals surface area contributed by atoms with Crippen LogP contribution in [0.25, 0.3) is 0 Å². The van der Waals surface area contributed by atoms with Gasteiger partial charge in [-0.3, -0.25) is 0 Å². The summed E-state index contributed by atoms with van der Waals surface area (Å²) >= 11 is -2.64. The van der Waals surface area contributed by atoms with E-state index < -0.39 is 18.4 Å². The summed E-state index contributed by atoms with van der Waals surface area (Å²) in [6.07, 6.45) is 13.2. The van der Waals surface area contributed by atoms with Crippen LogP contribution in [0.5, 0.6) is 0 Å². The molecule has 2 heterocycles. The molecule has 1 aromatic rings. The van der Waals surface area contributed by atoms with Crippen molar-refractivity contribution in [2.45, 2.75) is 131 Å². The van der Waals surface area contributed by atoms with E-state index in [9.17, 15) is 4.39 Å². The van der Waals surface area contributed by atoms with Gasteiger partial charge >= 0.3 is 128 Å². The minimum absolute atomic E-state index is 0.0217. The normalized spacial score (nSPS) is 17.9. The molecule has 1 saturated heterocycles. The Kier molecular flexibility index (Phi) is 12.5. The van der Waals surface area contributed by atoms with Gasteiger partial charge in [0.15, 0.2) is 0 Å². The van der Waals surface area contributed by atoms with Gasteiger partial charge in [0, 0.05) is 11.1 Å². The summed E-state index contributed by atoms with van der Waals surface area (Å²) in [6, 6.07) is 3.35. The molecule has 2 nitrogen and oxygen atoms in total. The summed E-state index contributed by atoms with van der Waals surface area (Å²) in [5.41, 5.74) is 0.726. The Morgan fingerprint density at radius 1 is 0.900 bits per heavy atom. The monoisotopic (exact) mass is 528 g/mol. The van der Waals surface area contributed by atoms with E-state index in [1.54, 1.807) is 18.3 Å². The van der Waals surface area contributed by atoms with Crippen molar-refractivity contribution in [2.75, 3.05) is 0 Å². The van der Waals surface area contributed by atoms with E-state index in [1.165, 1.54) is 71.1 Å². The van der Waals surface area contributed by atoms with Gasteiger partial charge in [-0.25, -0.2) is 0 Å². The van der Waals surface area contributed by atoms with E-state index in [0.717, 1.165) is 3.71 Å². The van der Waals surface area contributed by atoms with Crippen LogP contribution >= 0.6 is 0 Å². The van der Waals surface area contributed by atoms with E-state index in [2.05, 4.69) is 58.8 Å². The molecule has 0 unspecified atom stereocenters. The average Bonchev–Trinajstić information content (AvgIpc) is 2.67. The van der Waals surface area contributed by atoms with Gasteiger partial charge in [-0.2, -0.15) is 0 Å². The molecule has 30 heavy (non-hydrogen) atoms. The van der Waals surface area contributed by atoms with Crippen LogP contribution in [0.2, 0.25) is 13.3 Å². The van der Waals surface area contributed by atoms with E-state index in [1.807, 2.05) is 0 Å². The van der Waals surface area contributed by atoms with Crippen molar-refractivity contribution in [2.24, 2.45) is 0 Å². The molecule has 0 aliphatic carbocycles. The van der Waals surface area contributed by atoms with Crippen LogP contribution in [0.15, 0.2) is 18.3 Å². The average molecular weight is 527 g/mol. The zero-order valence-corrected chi connectivity index (χ0v) is 23.9. The molecule has 4 heteroatoms. The Morgan fingerprint density at radius 3 is 1.70 bits per heavy atom. The van der Waals surface area contributed by atoms with E-state index in [4.69, 9.17) is 0 Å². The molecule has 2 rings (SSSR count). The predicted molar refractivity (Wildman–Crippen MR) is 134 cm³/mol. The molecular weight excluding hydrogens is 478 g/mol. The SMILES string of the molecule is CC1(C)CCCC(C)(C)N1.CCC[CH2][Sn]([CH2]CCC)([CH2]CCC)[c]1ncccc1F. The standard InChI is InChI=1S/C9H19N.C5H3FN.3C4H9.Sn/c1-8(2)6-5-7-9(3,4)10-8;6-5-2-1-3-7-4-5;3*1-3-4-2;/h10H,5-7H2,1-4H3;1-3H;3*1,3-4H2,2H3;. The third-order valence-electron chi connectivity index (χ3n) is 6.57. The molecule has 1 fully saturated rings. The fraction of sp³-hybridized carbons (Fsp3) is 0.808. The molecule has 174 valence electrons. The molecule has 0 bridgehead atoms. The zero-order valence-electron chi connectivity index (χ0n) is 21.0. The second-order valence-electron chi connectivity index (χ2n) is 10.7. The molecular formula is C26H49FN2Sn. The molecule has 0 saturated carbocycles. The second kappa shape index (κ2) is 13.4. The number of pyridine rings is 1. The number of piperidine rings is 1. The van der Waals surface area contributed by atoms with Crippen LogP contribution in [-0.2, 0) is 0 Å². The molecule has 1 N–H and O–H groups in total. The van der Waals surface area contributed by atoms with E-state index in [-0.39, 0.29) is 5.82 Å². The zero-order chi connectivity index (χ0) is 22.7. The number of aromatic nitrogens is 1. The number of rotatable bonds is 10. The summed E-state index contributed by atoms with van der Waals surface area (Å²) in [7, 11) is 0. The van der Waals surface area contributed by atoms with Gasteiger partial charge in [-0.05, 0) is 47.0 Å². The molecule has 0 amide bonds. The Hall–Kier alpha value is -0.161. The number of halogens is 1. The molecule has 1 aliphatic rings.